The highest BCUT2D eigenvalue weighted by atomic mass is 16.6. The van der Waals surface area contributed by atoms with Crippen LogP contribution in [0.2, 0.25) is 0 Å². The van der Waals surface area contributed by atoms with Gasteiger partial charge in [-0.15, -0.1) is 0 Å². The number of rotatable bonds is 0. The van der Waals surface area contributed by atoms with E-state index in [1.54, 1.807) is 20.8 Å². The number of aliphatic hydroxyl groups is 4. The fourth-order valence-corrected chi connectivity index (χ4v) is 7.16. The molecule has 11 atom stereocenters. The van der Waals surface area contributed by atoms with Crippen LogP contribution in [0.1, 0.15) is 34.1 Å². The largest absolute Gasteiger partial charge is 0.460 e. The Kier molecular flexibility index (Phi) is 3.97. The van der Waals surface area contributed by atoms with E-state index < -0.39 is 70.9 Å². The summed E-state index contributed by atoms with van der Waals surface area (Å²) in [5.41, 5.74) is -1.15. The van der Waals surface area contributed by atoms with E-state index in [0.717, 1.165) is 5.57 Å². The summed E-state index contributed by atoms with van der Waals surface area (Å²) in [6, 6.07) is 0. The van der Waals surface area contributed by atoms with Crippen LogP contribution in [0, 0.1) is 34.5 Å². The summed E-state index contributed by atoms with van der Waals surface area (Å²) in [6.07, 6.45) is -3.90. The van der Waals surface area contributed by atoms with E-state index in [1.807, 2.05) is 6.92 Å². The zero-order chi connectivity index (χ0) is 20.0. The molecule has 3 aliphatic carbocycles. The predicted molar refractivity (Wildman–Crippen MR) is 93.1 cm³/mol. The van der Waals surface area contributed by atoms with E-state index >= 15 is 0 Å². The smallest absolute Gasteiger partial charge is 0.335 e. The van der Waals surface area contributed by atoms with Crippen LogP contribution in [0.4, 0.5) is 0 Å². The van der Waals surface area contributed by atoms with Crippen molar-refractivity contribution in [1.82, 2.24) is 0 Å². The Labute approximate surface area is 158 Å². The molecule has 0 aromatic carbocycles. The van der Waals surface area contributed by atoms with Crippen LogP contribution in [-0.4, -0.2) is 62.7 Å². The number of carbonyl (C=O) groups excluding carboxylic acids is 2. The molecule has 0 radical (unpaired) electrons. The molecule has 1 saturated heterocycles. The third kappa shape index (κ3) is 2.06. The molecule has 4 rings (SSSR count). The van der Waals surface area contributed by atoms with Crippen LogP contribution < -0.4 is 0 Å². The highest BCUT2D eigenvalue weighted by Crippen LogP contribution is 2.68. The van der Waals surface area contributed by atoms with Gasteiger partial charge >= 0.3 is 5.97 Å². The Balaban J connectivity index is 1.96. The maximum absolute atomic E-state index is 12.5. The molecular weight excluding hydrogens is 352 g/mol. The molecular formula is C20H28O7. The van der Waals surface area contributed by atoms with Crippen LogP contribution >= 0.6 is 0 Å². The molecule has 27 heavy (non-hydrogen) atoms. The van der Waals surface area contributed by atoms with Gasteiger partial charge in [0.25, 0.3) is 0 Å². The molecule has 150 valence electrons. The molecule has 7 nitrogen and oxygen atoms in total. The highest BCUT2D eigenvalue weighted by molar-refractivity contribution is 5.96. The van der Waals surface area contributed by atoms with E-state index in [9.17, 15) is 30.0 Å². The van der Waals surface area contributed by atoms with Crippen LogP contribution in [0.15, 0.2) is 11.6 Å². The third-order valence-corrected chi connectivity index (χ3v) is 8.37. The van der Waals surface area contributed by atoms with Gasteiger partial charge in [-0.1, -0.05) is 26.3 Å². The summed E-state index contributed by atoms with van der Waals surface area (Å²) in [7, 11) is 0. The molecule has 7 heteroatoms. The lowest BCUT2D eigenvalue weighted by Crippen LogP contribution is -2.76. The maximum atomic E-state index is 12.5. The first-order valence-electron chi connectivity index (χ1n) is 9.62. The van der Waals surface area contributed by atoms with Gasteiger partial charge in [-0.05, 0) is 31.3 Å². The molecule has 0 aromatic rings. The number of aliphatic hydroxyl groups excluding tert-OH is 4. The number of hydrogen-bond acceptors (Lipinski definition) is 7. The Morgan fingerprint density at radius 3 is 2.33 bits per heavy atom. The number of esters is 1. The number of hydrogen-bond donors (Lipinski definition) is 4. The van der Waals surface area contributed by atoms with E-state index in [1.165, 1.54) is 6.08 Å². The molecule has 4 N–H and O–H groups in total. The van der Waals surface area contributed by atoms with Crippen molar-refractivity contribution >= 4 is 11.8 Å². The first-order chi connectivity index (χ1) is 12.5. The van der Waals surface area contributed by atoms with Crippen LogP contribution in [0.25, 0.3) is 0 Å². The van der Waals surface area contributed by atoms with E-state index in [0.29, 0.717) is 6.42 Å². The minimum atomic E-state index is -1.42. The summed E-state index contributed by atoms with van der Waals surface area (Å²) >= 11 is 0. The summed E-state index contributed by atoms with van der Waals surface area (Å²) in [5, 5.41) is 43.3. The second-order valence-electron chi connectivity index (χ2n) is 9.43. The Morgan fingerprint density at radius 2 is 1.70 bits per heavy atom. The van der Waals surface area contributed by atoms with Crippen LogP contribution in [0.3, 0.4) is 0 Å². The molecule has 11 unspecified atom stereocenters. The zero-order valence-electron chi connectivity index (χ0n) is 16.0. The average Bonchev–Trinajstić information content (AvgIpc) is 2.59. The molecule has 0 spiro atoms. The number of carbonyl (C=O) groups is 2. The Morgan fingerprint density at radius 1 is 1.07 bits per heavy atom. The van der Waals surface area contributed by atoms with Crippen LogP contribution in [0.5, 0.6) is 0 Å². The van der Waals surface area contributed by atoms with E-state index in [-0.39, 0.29) is 5.92 Å². The second kappa shape index (κ2) is 5.63. The molecule has 1 aliphatic heterocycles. The standard InChI is InChI=1S/C20H28O7/c1-7-5-10(21)17(25)19(3)9(7)6-11-20(4)12(14(23)18(26)27-11)8(2)13(22)15(24)16(19)20/h5,8-9,11-17,22-25H,6H2,1-4H3. The lowest BCUT2D eigenvalue weighted by molar-refractivity contribution is -0.303. The second-order valence-corrected chi connectivity index (χ2v) is 9.43. The van der Waals surface area contributed by atoms with Gasteiger partial charge in [0, 0.05) is 22.7 Å². The first-order valence-corrected chi connectivity index (χ1v) is 9.62. The fourth-order valence-electron chi connectivity index (χ4n) is 7.16. The SMILES string of the molecule is CC1=CC(=O)C(O)C2(C)C1CC1OC(=O)C(O)C3C(C)C(O)C(O)C2C13C. The summed E-state index contributed by atoms with van der Waals surface area (Å²) in [4.78, 5) is 24.8. The van der Waals surface area contributed by atoms with Crippen molar-refractivity contribution in [2.75, 3.05) is 0 Å². The van der Waals surface area contributed by atoms with Crippen molar-refractivity contribution in [2.45, 2.75) is 64.6 Å². The van der Waals surface area contributed by atoms with Crippen LogP contribution in [-0.2, 0) is 14.3 Å². The van der Waals surface area contributed by atoms with E-state index in [2.05, 4.69) is 0 Å². The molecule has 2 saturated carbocycles. The van der Waals surface area contributed by atoms with Crippen molar-refractivity contribution in [3.8, 4) is 0 Å². The number of ketones is 1. The molecule has 1 heterocycles. The van der Waals surface area contributed by atoms with Gasteiger partial charge < -0.3 is 25.2 Å². The summed E-state index contributed by atoms with van der Waals surface area (Å²) < 4.78 is 5.60. The maximum Gasteiger partial charge on any atom is 0.335 e. The van der Waals surface area contributed by atoms with Crippen molar-refractivity contribution in [3.63, 3.8) is 0 Å². The predicted octanol–water partition coefficient (Wildman–Crippen LogP) is -0.201. The lowest BCUT2D eigenvalue weighted by Gasteiger charge is -2.69. The number of ether oxygens (including phenoxy) is 1. The summed E-state index contributed by atoms with van der Waals surface area (Å²) in [6.45, 7) is 7.14. The van der Waals surface area contributed by atoms with Gasteiger partial charge in [-0.3, -0.25) is 4.79 Å². The molecule has 3 fully saturated rings. The monoisotopic (exact) mass is 380 g/mol. The Bertz CT molecular complexity index is 732. The third-order valence-electron chi connectivity index (χ3n) is 8.37. The fraction of sp³-hybridized carbons (Fsp3) is 0.800. The van der Waals surface area contributed by atoms with Crippen molar-refractivity contribution in [2.24, 2.45) is 34.5 Å². The number of allylic oxidation sites excluding steroid dienone is 1. The van der Waals surface area contributed by atoms with Gasteiger partial charge in [0.2, 0.25) is 0 Å². The first kappa shape index (κ1) is 19.1. The van der Waals surface area contributed by atoms with Gasteiger partial charge in [0.1, 0.15) is 12.2 Å². The van der Waals surface area contributed by atoms with E-state index in [4.69, 9.17) is 4.74 Å². The molecule has 0 amide bonds. The average molecular weight is 380 g/mol. The zero-order valence-corrected chi connectivity index (χ0v) is 16.0. The van der Waals surface area contributed by atoms with Gasteiger partial charge in [0.05, 0.1) is 12.2 Å². The quantitative estimate of drug-likeness (QED) is 0.429. The van der Waals surface area contributed by atoms with Crippen molar-refractivity contribution < 1.29 is 34.8 Å². The van der Waals surface area contributed by atoms with Gasteiger partial charge in [-0.2, -0.15) is 0 Å². The van der Waals surface area contributed by atoms with Gasteiger partial charge in [-0.25, -0.2) is 4.79 Å². The van der Waals surface area contributed by atoms with Gasteiger partial charge in [0.15, 0.2) is 11.9 Å². The molecule has 0 bridgehead atoms. The minimum absolute atomic E-state index is 0.285. The topological polar surface area (TPSA) is 124 Å². The Hall–Kier alpha value is -1.28. The van der Waals surface area contributed by atoms with Crippen molar-refractivity contribution in [3.05, 3.63) is 11.6 Å². The highest BCUT2D eigenvalue weighted by Gasteiger charge is 2.74. The lowest BCUT2D eigenvalue weighted by atomic mass is 9.38. The number of fused-ring (bicyclic) bond motifs is 2. The van der Waals surface area contributed by atoms with Crippen molar-refractivity contribution in [1.29, 1.82) is 0 Å². The molecule has 4 aliphatic rings. The summed E-state index contributed by atoms with van der Waals surface area (Å²) in [5.74, 6) is -3.33. The molecule has 0 aromatic heterocycles. The normalized spacial score (nSPS) is 57.3. The minimum Gasteiger partial charge on any atom is -0.460 e.